The molecule has 1 aliphatic carbocycles. The molecular formula is C18H30O5. The lowest BCUT2D eigenvalue weighted by Crippen LogP contribution is -2.44. The first kappa shape index (κ1) is 19.7. The third kappa shape index (κ3) is 5.96. The quantitative estimate of drug-likeness (QED) is 0.369. The Bertz CT molecular complexity index is 396. The molecule has 0 aromatic heterocycles. The van der Waals surface area contributed by atoms with Crippen LogP contribution in [0.15, 0.2) is 0 Å². The summed E-state index contributed by atoms with van der Waals surface area (Å²) in [6.07, 6.45) is 5.48. The molecule has 0 saturated heterocycles. The number of ketones is 1. The molecular weight excluding hydrogens is 296 g/mol. The van der Waals surface area contributed by atoms with Gasteiger partial charge in [0, 0.05) is 12.8 Å². The van der Waals surface area contributed by atoms with Gasteiger partial charge in [-0.25, -0.2) is 0 Å². The van der Waals surface area contributed by atoms with Crippen LogP contribution in [-0.4, -0.2) is 30.9 Å². The van der Waals surface area contributed by atoms with Crippen LogP contribution in [0.3, 0.4) is 0 Å². The van der Waals surface area contributed by atoms with Gasteiger partial charge in [-0.05, 0) is 31.1 Å². The van der Waals surface area contributed by atoms with Gasteiger partial charge in [-0.1, -0.05) is 33.6 Å². The SMILES string of the molecule is CCCCOC(=O)C(C(=O)OCCCC)C1(C)CCCC(=O)C1. The van der Waals surface area contributed by atoms with Gasteiger partial charge in [0.05, 0.1) is 13.2 Å². The van der Waals surface area contributed by atoms with E-state index in [0.717, 1.165) is 25.7 Å². The number of hydrogen-bond acceptors (Lipinski definition) is 5. The monoisotopic (exact) mass is 326 g/mol. The second kappa shape index (κ2) is 9.68. The van der Waals surface area contributed by atoms with E-state index in [4.69, 9.17) is 9.47 Å². The second-order valence-electron chi connectivity index (χ2n) is 6.70. The molecule has 0 amide bonds. The second-order valence-corrected chi connectivity index (χ2v) is 6.70. The highest BCUT2D eigenvalue weighted by Gasteiger charge is 2.48. The van der Waals surface area contributed by atoms with Crippen LogP contribution in [0, 0.1) is 11.3 Å². The van der Waals surface area contributed by atoms with Crippen LogP contribution < -0.4 is 0 Å². The Balaban J connectivity index is 2.84. The van der Waals surface area contributed by atoms with E-state index in [-0.39, 0.29) is 12.2 Å². The summed E-state index contributed by atoms with van der Waals surface area (Å²) < 4.78 is 10.5. The number of unbranched alkanes of at least 4 members (excludes halogenated alkanes) is 2. The van der Waals surface area contributed by atoms with E-state index < -0.39 is 23.3 Å². The molecule has 5 nitrogen and oxygen atoms in total. The lowest BCUT2D eigenvalue weighted by atomic mass is 9.66. The standard InChI is InChI=1S/C18H30O5/c1-4-6-11-22-16(20)15(17(21)23-12-7-5-2)18(3)10-8-9-14(19)13-18/h15H,4-13H2,1-3H3. The van der Waals surface area contributed by atoms with Crippen molar-refractivity contribution in [3.8, 4) is 0 Å². The van der Waals surface area contributed by atoms with Crippen molar-refractivity contribution in [3.63, 3.8) is 0 Å². The highest BCUT2D eigenvalue weighted by molar-refractivity contribution is 5.97. The molecule has 0 spiro atoms. The summed E-state index contributed by atoms with van der Waals surface area (Å²) >= 11 is 0. The molecule has 0 heterocycles. The van der Waals surface area contributed by atoms with Crippen LogP contribution in [0.1, 0.15) is 72.1 Å². The Morgan fingerprint density at radius 2 is 1.61 bits per heavy atom. The largest absolute Gasteiger partial charge is 0.465 e. The average Bonchev–Trinajstić information content (AvgIpc) is 2.47. The average molecular weight is 326 g/mol. The zero-order valence-electron chi connectivity index (χ0n) is 14.7. The topological polar surface area (TPSA) is 69.7 Å². The molecule has 0 aliphatic heterocycles. The first-order chi connectivity index (χ1) is 10.9. The number of rotatable bonds is 9. The normalized spacial score (nSPS) is 21.3. The Hall–Kier alpha value is -1.39. The number of Topliss-reactive ketones (excluding diaryl/α,β-unsaturated/α-hetero) is 1. The summed E-state index contributed by atoms with van der Waals surface area (Å²) in [5.74, 6) is -1.98. The summed E-state index contributed by atoms with van der Waals surface area (Å²) in [5, 5.41) is 0. The molecule has 0 radical (unpaired) electrons. The van der Waals surface area contributed by atoms with E-state index in [1.54, 1.807) is 0 Å². The van der Waals surface area contributed by atoms with Gasteiger partial charge in [-0.2, -0.15) is 0 Å². The van der Waals surface area contributed by atoms with Gasteiger partial charge in [-0.3, -0.25) is 14.4 Å². The van der Waals surface area contributed by atoms with Crippen molar-refractivity contribution in [2.75, 3.05) is 13.2 Å². The van der Waals surface area contributed by atoms with E-state index >= 15 is 0 Å². The minimum Gasteiger partial charge on any atom is -0.465 e. The van der Waals surface area contributed by atoms with Gasteiger partial charge in [0.1, 0.15) is 5.78 Å². The van der Waals surface area contributed by atoms with Crippen LogP contribution in [0.4, 0.5) is 0 Å². The van der Waals surface area contributed by atoms with Crippen LogP contribution in [0.5, 0.6) is 0 Å². The molecule has 5 heteroatoms. The Kier molecular flexibility index (Phi) is 8.28. The van der Waals surface area contributed by atoms with Gasteiger partial charge < -0.3 is 9.47 Å². The van der Waals surface area contributed by atoms with Crippen molar-refractivity contribution >= 4 is 17.7 Å². The maximum absolute atomic E-state index is 12.5. The van der Waals surface area contributed by atoms with Crippen molar-refractivity contribution in [1.82, 2.24) is 0 Å². The Morgan fingerprint density at radius 3 is 2.04 bits per heavy atom. The smallest absolute Gasteiger partial charge is 0.320 e. The first-order valence-electron chi connectivity index (χ1n) is 8.79. The fraction of sp³-hybridized carbons (Fsp3) is 0.833. The lowest BCUT2D eigenvalue weighted by Gasteiger charge is -2.37. The van der Waals surface area contributed by atoms with Gasteiger partial charge >= 0.3 is 11.9 Å². The highest BCUT2D eigenvalue weighted by Crippen LogP contribution is 2.42. The molecule has 0 bridgehead atoms. The predicted octanol–water partition coefficient (Wildman–Crippen LogP) is 3.44. The Labute approximate surface area is 139 Å². The number of esters is 2. The van der Waals surface area contributed by atoms with Crippen molar-refractivity contribution in [1.29, 1.82) is 0 Å². The summed E-state index contributed by atoms with van der Waals surface area (Å²) in [6, 6.07) is 0. The number of carbonyl (C=O) groups is 3. The molecule has 1 atom stereocenters. The van der Waals surface area contributed by atoms with Crippen LogP contribution in [0.2, 0.25) is 0 Å². The minimum atomic E-state index is -1.000. The zero-order valence-corrected chi connectivity index (χ0v) is 14.7. The maximum atomic E-state index is 12.5. The third-order valence-electron chi connectivity index (χ3n) is 4.46. The van der Waals surface area contributed by atoms with Crippen molar-refractivity contribution < 1.29 is 23.9 Å². The van der Waals surface area contributed by atoms with E-state index in [1.807, 2.05) is 20.8 Å². The van der Waals surface area contributed by atoms with E-state index in [1.165, 1.54) is 0 Å². The number of ether oxygens (including phenoxy) is 2. The fourth-order valence-corrected chi connectivity index (χ4v) is 3.03. The van der Waals surface area contributed by atoms with Crippen LogP contribution >= 0.6 is 0 Å². The summed E-state index contributed by atoms with van der Waals surface area (Å²) in [7, 11) is 0. The van der Waals surface area contributed by atoms with Crippen LogP contribution in [0.25, 0.3) is 0 Å². The Morgan fingerprint density at radius 1 is 1.09 bits per heavy atom. The van der Waals surface area contributed by atoms with Gasteiger partial charge in [0.15, 0.2) is 5.92 Å². The summed E-state index contributed by atoms with van der Waals surface area (Å²) in [5.41, 5.74) is -0.693. The molecule has 0 N–H and O–H groups in total. The van der Waals surface area contributed by atoms with E-state index in [9.17, 15) is 14.4 Å². The summed E-state index contributed by atoms with van der Waals surface area (Å²) in [6.45, 7) is 6.45. The van der Waals surface area contributed by atoms with Crippen LogP contribution in [-0.2, 0) is 23.9 Å². The lowest BCUT2D eigenvalue weighted by molar-refractivity contribution is -0.170. The highest BCUT2D eigenvalue weighted by atomic mass is 16.6. The molecule has 132 valence electrons. The molecule has 1 saturated carbocycles. The number of hydrogen-bond donors (Lipinski definition) is 0. The zero-order chi connectivity index (χ0) is 17.3. The van der Waals surface area contributed by atoms with E-state index in [0.29, 0.717) is 32.5 Å². The maximum Gasteiger partial charge on any atom is 0.320 e. The first-order valence-corrected chi connectivity index (χ1v) is 8.79. The molecule has 0 aromatic rings. The fourth-order valence-electron chi connectivity index (χ4n) is 3.03. The van der Waals surface area contributed by atoms with E-state index in [2.05, 4.69) is 0 Å². The predicted molar refractivity (Wildman–Crippen MR) is 86.8 cm³/mol. The molecule has 1 fully saturated rings. The van der Waals surface area contributed by atoms with Gasteiger partial charge in [0.2, 0.25) is 0 Å². The van der Waals surface area contributed by atoms with Crippen molar-refractivity contribution in [3.05, 3.63) is 0 Å². The third-order valence-corrected chi connectivity index (χ3v) is 4.46. The summed E-state index contributed by atoms with van der Waals surface area (Å²) in [4.78, 5) is 36.8. The van der Waals surface area contributed by atoms with Crippen molar-refractivity contribution in [2.24, 2.45) is 11.3 Å². The van der Waals surface area contributed by atoms with Crippen molar-refractivity contribution in [2.45, 2.75) is 72.1 Å². The molecule has 23 heavy (non-hydrogen) atoms. The number of carbonyl (C=O) groups excluding carboxylic acids is 3. The molecule has 1 unspecified atom stereocenters. The molecule has 1 aliphatic rings. The minimum absolute atomic E-state index is 0.103. The van der Waals surface area contributed by atoms with Gasteiger partial charge in [-0.15, -0.1) is 0 Å². The molecule has 1 rings (SSSR count). The van der Waals surface area contributed by atoms with Gasteiger partial charge in [0.25, 0.3) is 0 Å². The molecule has 0 aromatic carbocycles.